The molecule has 2 atom stereocenters. The van der Waals surface area contributed by atoms with Crippen LogP contribution >= 0.6 is 0 Å². The van der Waals surface area contributed by atoms with Crippen molar-refractivity contribution in [2.45, 2.75) is 25.8 Å². The van der Waals surface area contributed by atoms with Gasteiger partial charge in [0.15, 0.2) is 5.82 Å². The Hall–Kier alpha value is -1.40. The third kappa shape index (κ3) is 2.79. The van der Waals surface area contributed by atoms with Gasteiger partial charge in [-0.15, -0.1) is 0 Å². The molecule has 104 valence electrons. The van der Waals surface area contributed by atoms with Gasteiger partial charge >= 0.3 is 0 Å². The van der Waals surface area contributed by atoms with E-state index >= 15 is 0 Å². The van der Waals surface area contributed by atoms with E-state index in [0.717, 1.165) is 19.6 Å². The van der Waals surface area contributed by atoms with E-state index in [1.807, 2.05) is 6.92 Å². The number of rotatable bonds is 3. The molecule has 2 saturated heterocycles. The molecule has 6 heteroatoms. The van der Waals surface area contributed by atoms with Crippen LogP contribution in [-0.4, -0.2) is 48.2 Å². The number of fused-ring (bicyclic) bond motifs is 1. The Morgan fingerprint density at radius 2 is 2.53 bits per heavy atom. The Bertz CT molecular complexity index is 459. The van der Waals surface area contributed by atoms with Gasteiger partial charge in [-0.05, 0) is 38.8 Å². The molecule has 1 amide bonds. The Morgan fingerprint density at radius 3 is 3.32 bits per heavy atom. The van der Waals surface area contributed by atoms with Crippen molar-refractivity contribution < 1.29 is 9.32 Å². The van der Waals surface area contributed by atoms with Gasteiger partial charge in [-0.3, -0.25) is 9.69 Å². The summed E-state index contributed by atoms with van der Waals surface area (Å²) < 4.78 is 4.94. The van der Waals surface area contributed by atoms with Crippen molar-refractivity contribution in [2.24, 2.45) is 5.92 Å². The molecule has 6 nitrogen and oxygen atoms in total. The minimum atomic E-state index is -0.0131. The van der Waals surface area contributed by atoms with Crippen LogP contribution in [-0.2, 0) is 4.79 Å². The first-order valence-corrected chi connectivity index (χ1v) is 6.90. The average Bonchev–Trinajstić information content (AvgIpc) is 2.98. The van der Waals surface area contributed by atoms with Gasteiger partial charge in [0.1, 0.15) is 5.76 Å². The third-order valence-corrected chi connectivity index (χ3v) is 4.04. The number of aryl methyl sites for hydroxylation is 1. The summed E-state index contributed by atoms with van der Waals surface area (Å²) in [6.07, 6.45) is 2.46. The van der Waals surface area contributed by atoms with Crippen LogP contribution in [0, 0.1) is 12.8 Å². The van der Waals surface area contributed by atoms with E-state index in [1.54, 1.807) is 6.07 Å². The van der Waals surface area contributed by atoms with Crippen LogP contribution in [0.3, 0.4) is 0 Å². The average molecular weight is 264 g/mol. The van der Waals surface area contributed by atoms with E-state index in [9.17, 15) is 4.79 Å². The zero-order chi connectivity index (χ0) is 13.2. The van der Waals surface area contributed by atoms with Gasteiger partial charge in [0.25, 0.3) is 0 Å². The largest absolute Gasteiger partial charge is 0.360 e. The lowest BCUT2D eigenvalue weighted by Crippen LogP contribution is -2.48. The summed E-state index contributed by atoms with van der Waals surface area (Å²) in [5, 5.41) is 9.98. The lowest BCUT2D eigenvalue weighted by Gasteiger charge is -2.36. The summed E-state index contributed by atoms with van der Waals surface area (Å²) >= 11 is 0. The molecule has 2 fully saturated rings. The molecule has 1 aromatic heterocycles. The molecule has 2 aliphatic heterocycles. The van der Waals surface area contributed by atoms with Crippen LogP contribution in [0.2, 0.25) is 0 Å². The number of hydrogen-bond acceptors (Lipinski definition) is 5. The number of nitrogens with zero attached hydrogens (tertiary/aromatic N) is 2. The molecule has 0 aliphatic carbocycles. The van der Waals surface area contributed by atoms with Gasteiger partial charge in [-0.25, -0.2) is 0 Å². The number of anilines is 1. The lowest BCUT2D eigenvalue weighted by molar-refractivity contribution is -0.118. The fraction of sp³-hybridized carbons (Fsp3) is 0.692. The standard InChI is InChI=1S/C13H20N4O2/c1-9-5-12(16-19-9)15-13(18)8-17-4-2-3-10-6-14-7-11(10)17/h5,10-11,14H,2-4,6-8H2,1H3,(H,15,16,18). The molecule has 2 aliphatic rings. The summed E-state index contributed by atoms with van der Waals surface area (Å²) in [7, 11) is 0. The van der Waals surface area contributed by atoms with Gasteiger partial charge in [0.2, 0.25) is 5.91 Å². The Labute approximate surface area is 112 Å². The van der Waals surface area contributed by atoms with Crippen molar-refractivity contribution in [3.8, 4) is 0 Å². The molecule has 2 unspecified atom stereocenters. The predicted octanol–water partition coefficient (Wildman–Crippen LogP) is 0.605. The number of aromatic nitrogens is 1. The molecule has 2 N–H and O–H groups in total. The Morgan fingerprint density at radius 1 is 1.63 bits per heavy atom. The van der Waals surface area contributed by atoms with Crippen molar-refractivity contribution in [1.29, 1.82) is 0 Å². The van der Waals surface area contributed by atoms with Crippen molar-refractivity contribution in [1.82, 2.24) is 15.4 Å². The van der Waals surface area contributed by atoms with Crippen molar-refractivity contribution in [3.05, 3.63) is 11.8 Å². The van der Waals surface area contributed by atoms with E-state index in [-0.39, 0.29) is 5.91 Å². The maximum atomic E-state index is 12.0. The normalized spacial score (nSPS) is 27.2. The van der Waals surface area contributed by atoms with Gasteiger partial charge in [0, 0.05) is 18.7 Å². The molecule has 3 heterocycles. The van der Waals surface area contributed by atoms with E-state index in [1.165, 1.54) is 12.8 Å². The summed E-state index contributed by atoms with van der Waals surface area (Å²) in [6, 6.07) is 2.24. The van der Waals surface area contributed by atoms with Crippen LogP contribution in [0.5, 0.6) is 0 Å². The van der Waals surface area contributed by atoms with Crippen LogP contribution in [0.15, 0.2) is 10.6 Å². The fourth-order valence-corrected chi connectivity index (χ4v) is 3.15. The first-order valence-electron chi connectivity index (χ1n) is 6.90. The number of amides is 1. The summed E-state index contributed by atoms with van der Waals surface area (Å²) in [6.45, 7) is 5.34. The number of likely N-dealkylation sites (tertiary alicyclic amines) is 1. The molecule has 0 saturated carbocycles. The number of carbonyl (C=O) groups excluding carboxylic acids is 1. The quantitative estimate of drug-likeness (QED) is 0.837. The van der Waals surface area contributed by atoms with Gasteiger partial charge in [0.05, 0.1) is 6.54 Å². The molecular formula is C13H20N4O2. The van der Waals surface area contributed by atoms with Crippen LogP contribution in [0.4, 0.5) is 5.82 Å². The first kappa shape index (κ1) is 12.6. The second-order valence-corrected chi connectivity index (χ2v) is 5.47. The van der Waals surface area contributed by atoms with E-state index in [0.29, 0.717) is 30.1 Å². The molecule has 19 heavy (non-hydrogen) atoms. The topological polar surface area (TPSA) is 70.4 Å². The lowest BCUT2D eigenvalue weighted by atomic mass is 9.92. The highest BCUT2D eigenvalue weighted by atomic mass is 16.5. The monoisotopic (exact) mass is 264 g/mol. The van der Waals surface area contributed by atoms with Crippen molar-refractivity contribution in [2.75, 3.05) is 31.5 Å². The van der Waals surface area contributed by atoms with Gasteiger partial charge in [-0.1, -0.05) is 5.16 Å². The highest BCUT2D eigenvalue weighted by Crippen LogP contribution is 2.26. The second-order valence-electron chi connectivity index (χ2n) is 5.47. The van der Waals surface area contributed by atoms with E-state index in [4.69, 9.17) is 4.52 Å². The molecule has 0 radical (unpaired) electrons. The van der Waals surface area contributed by atoms with Crippen LogP contribution in [0.25, 0.3) is 0 Å². The Kier molecular flexibility index (Phi) is 3.52. The molecular weight excluding hydrogens is 244 g/mol. The summed E-state index contributed by atoms with van der Waals surface area (Å²) in [5.74, 6) is 1.89. The smallest absolute Gasteiger partial charge is 0.239 e. The van der Waals surface area contributed by atoms with Gasteiger partial charge in [-0.2, -0.15) is 0 Å². The van der Waals surface area contributed by atoms with Crippen molar-refractivity contribution >= 4 is 11.7 Å². The zero-order valence-electron chi connectivity index (χ0n) is 11.2. The predicted molar refractivity (Wildman–Crippen MR) is 70.8 cm³/mol. The highest BCUT2D eigenvalue weighted by molar-refractivity contribution is 5.91. The van der Waals surface area contributed by atoms with Crippen molar-refractivity contribution in [3.63, 3.8) is 0 Å². The van der Waals surface area contributed by atoms with Crippen LogP contribution < -0.4 is 10.6 Å². The highest BCUT2D eigenvalue weighted by Gasteiger charge is 2.35. The third-order valence-electron chi connectivity index (χ3n) is 4.04. The number of piperidine rings is 1. The van der Waals surface area contributed by atoms with Gasteiger partial charge < -0.3 is 15.2 Å². The second kappa shape index (κ2) is 5.30. The maximum absolute atomic E-state index is 12.0. The SMILES string of the molecule is Cc1cc(NC(=O)CN2CCCC3CNCC32)no1. The summed E-state index contributed by atoms with van der Waals surface area (Å²) in [4.78, 5) is 14.3. The minimum Gasteiger partial charge on any atom is -0.360 e. The molecule has 0 bridgehead atoms. The fourth-order valence-electron chi connectivity index (χ4n) is 3.15. The molecule has 0 aromatic carbocycles. The molecule has 3 rings (SSSR count). The van der Waals surface area contributed by atoms with E-state index < -0.39 is 0 Å². The van der Waals surface area contributed by atoms with E-state index in [2.05, 4.69) is 20.7 Å². The summed E-state index contributed by atoms with van der Waals surface area (Å²) in [5.41, 5.74) is 0. The first-order chi connectivity index (χ1) is 9.22. The maximum Gasteiger partial charge on any atom is 0.239 e. The number of nitrogens with one attached hydrogen (secondary N) is 2. The Balaban J connectivity index is 1.56. The minimum absolute atomic E-state index is 0.0131. The molecule has 0 spiro atoms. The molecule has 1 aromatic rings. The zero-order valence-corrected chi connectivity index (χ0v) is 11.2. The van der Waals surface area contributed by atoms with Crippen LogP contribution in [0.1, 0.15) is 18.6 Å². The number of carbonyl (C=O) groups is 1. The number of hydrogen-bond donors (Lipinski definition) is 2.